The van der Waals surface area contributed by atoms with E-state index in [0.29, 0.717) is 31.1 Å². The number of piperidine rings is 1. The number of fused-ring (bicyclic) bond motifs is 2. The van der Waals surface area contributed by atoms with Crippen LogP contribution in [0.2, 0.25) is 0 Å². The molecule has 2 aromatic carbocycles. The summed E-state index contributed by atoms with van der Waals surface area (Å²) >= 11 is 1.57. The van der Waals surface area contributed by atoms with E-state index in [1.807, 2.05) is 23.6 Å². The van der Waals surface area contributed by atoms with Gasteiger partial charge in [0.15, 0.2) is 15.0 Å². The Kier molecular flexibility index (Phi) is 7.69. The number of carboxylic acids is 1. The monoisotopic (exact) mass is 596 g/mol. The minimum absolute atomic E-state index is 0.176. The van der Waals surface area contributed by atoms with Gasteiger partial charge < -0.3 is 20.5 Å². The van der Waals surface area contributed by atoms with Gasteiger partial charge in [-0.15, -0.1) is 11.3 Å². The van der Waals surface area contributed by atoms with Gasteiger partial charge in [-0.25, -0.2) is 13.4 Å². The van der Waals surface area contributed by atoms with E-state index in [4.69, 9.17) is 15.5 Å². The van der Waals surface area contributed by atoms with Crippen LogP contribution in [0.5, 0.6) is 5.75 Å². The van der Waals surface area contributed by atoms with Gasteiger partial charge in [0.25, 0.3) is 0 Å². The highest BCUT2D eigenvalue weighted by Crippen LogP contribution is 2.44. The second kappa shape index (κ2) is 11.3. The number of aryl methyl sites for hydroxylation is 1. The maximum Gasteiger partial charge on any atom is 0.307 e. The number of thiazole rings is 1. The highest BCUT2D eigenvalue weighted by molar-refractivity contribution is 7.91. The van der Waals surface area contributed by atoms with Gasteiger partial charge in [-0.3, -0.25) is 9.69 Å². The highest BCUT2D eigenvalue weighted by atomic mass is 32.2. The summed E-state index contributed by atoms with van der Waals surface area (Å²) < 4.78 is 29.8. The van der Waals surface area contributed by atoms with Gasteiger partial charge in [0.05, 0.1) is 23.1 Å². The van der Waals surface area contributed by atoms with Gasteiger partial charge in [-0.1, -0.05) is 18.2 Å². The zero-order valence-corrected chi connectivity index (χ0v) is 24.8. The molecule has 0 spiro atoms. The van der Waals surface area contributed by atoms with Crippen molar-refractivity contribution in [2.24, 2.45) is 17.8 Å². The highest BCUT2D eigenvalue weighted by Gasteiger charge is 2.46. The Morgan fingerprint density at radius 1 is 1.12 bits per heavy atom. The van der Waals surface area contributed by atoms with E-state index in [2.05, 4.69) is 34.9 Å². The van der Waals surface area contributed by atoms with Crippen molar-refractivity contribution in [1.29, 1.82) is 0 Å². The topological polar surface area (TPSA) is 126 Å². The largest absolute Gasteiger partial charge is 0.488 e. The SMILES string of the molecule is Cc1cc(CN2CCS(=O)(=O)CC2)ccc1COc1ccc(N)cc1-c1csc(N2CC3CCC(C2)C3C(=O)O)n1. The smallest absolute Gasteiger partial charge is 0.307 e. The van der Waals surface area contributed by atoms with Crippen LogP contribution < -0.4 is 15.4 Å². The molecule has 9 nitrogen and oxygen atoms in total. The molecule has 3 aliphatic rings. The van der Waals surface area contributed by atoms with Crippen LogP contribution in [0.1, 0.15) is 29.5 Å². The molecule has 1 aromatic heterocycles. The summed E-state index contributed by atoms with van der Waals surface area (Å²) in [5, 5.41) is 12.6. The van der Waals surface area contributed by atoms with E-state index >= 15 is 0 Å². The third-order valence-electron chi connectivity index (χ3n) is 8.79. The molecule has 3 fully saturated rings. The molecule has 2 saturated heterocycles. The average molecular weight is 597 g/mol. The normalized spacial score (nSPS) is 23.9. The number of sulfone groups is 1. The van der Waals surface area contributed by atoms with Crippen LogP contribution in [-0.4, -0.2) is 67.1 Å². The van der Waals surface area contributed by atoms with Gasteiger partial charge in [-0.2, -0.15) is 0 Å². The first-order valence-electron chi connectivity index (χ1n) is 14.1. The molecule has 3 heterocycles. The van der Waals surface area contributed by atoms with E-state index in [0.717, 1.165) is 65.6 Å². The molecule has 2 bridgehead atoms. The quantitative estimate of drug-likeness (QED) is 0.370. The van der Waals surface area contributed by atoms with Crippen molar-refractivity contribution >= 4 is 38.0 Å². The standard InChI is InChI=1S/C30H36N4O5S2/c1-19-12-20(14-33-8-10-41(37,38)11-9-33)2-3-23(19)17-39-27-7-6-24(31)13-25(27)26-18-40-30(32-26)34-15-21-4-5-22(16-34)28(21)29(35)36/h2-3,6-7,12-13,18,21-22,28H,4-5,8-11,14-17,31H2,1H3,(H,35,36). The van der Waals surface area contributed by atoms with E-state index in [1.165, 1.54) is 0 Å². The van der Waals surface area contributed by atoms with Crippen LogP contribution in [-0.2, 0) is 27.8 Å². The van der Waals surface area contributed by atoms with Crippen molar-refractivity contribution in [3.05, 3.63) is 58.5 Å². The second-order valence-corrected chi connectivity index (χ2v) is 14.8. The minimum atomic E-state index is -2.89. The summed E-state index contributed by atoms with van der Waals surface area (Å²) in [5.41, 5.74) is 11.8. The third kappa shape index (κ3) is 6.07. The predicted molar refractivity (Wildman–Crippen MR) is 161 cm³/mol. The molecule has 2 unspecified atom stereocenters. The lowest BCUT2D eigenvalue weighted by atomic mass is 9.85. The number of carbonyl (C=O) groups is 1. The molecule has 11 heteroatoms. The molecule has 3 N–H and O–H groups in total. The molecule has 2 aliphatic heterocycles. The number of aromatic nitrogens is 1. The fourth-order valence-electron chi connectivity index (χ4n) is 6.53. The Balaban J connectivity index is 1.13. The minimum Gasteiger partial charge on any atom is -0.488 e. The van der Waals surface area contributed by atoms with Gasteiger partial charge in [0, 0.05) is 49.4 Å². The molecule has 218 valence electrons. The van der Waals surface area contributed by atoms with Crippen molar-refractivity contribution in [2.45, 2.75) is 32.9 Å². The maximum atomic E-state index is 11.7. The molecule has 3 aromatic rings. The Morgan fingerprint density at radius 3 is 2.54 bits per heavy atom. The lowest BCUT2D eigenvalue weighted by Crippen LogP contribution is -2.44. The first-order chi connectivity index (χ1) is 19.6. The summed E-state index contributed by atoms with van der Waals surface area (Å²) in [6.07, 6.45) is 1.93. The van der Waals surface area contributed by atoms with Crippen molar-refractivity contribution in [3.63, 3.8) is 0 Å². The molecule has 0 amide bonds. The van der Waals surface area contributed by atoms with Crippen molar-refractivity contribution < 1.29 is 23.1 Å². The number of nitrogens with two attached hydrogens (primary N) is 1. The zero-order chi connectivity index (χ0) is 28.7. The summed E-state index contributed by atoms with van der Waals surface area (Å²) in [6.45, 7) is 5.81. The third-order valence-corrected chi connectivity index (χ3v) is 11.3. The summed E-state index contributed by atoms with van der Waals surface area (Å²) in [6, 6.07) is 11.9. The summed E-state index contributed by atoms with van der Waals surface area (Å²) in [4.78, 5) is 21.1. The molecule has 1 aliphatic carbocycles. The first-order valence-corrected chi connectivity index (χ1v) is 16.8. The maximum absolute atomic E-state index is 11.7. The number of aliphatic carboxylic acids is 1. The summed E-state index contributed by atoms with van der Waals surface area (Å²) in [7, 11) is -2.89. The van der Waals surface area contributed by atoms with Gasteiger partial charge in [-0.05, 0) is 66.5 Å². The number of hydrogen-bond donors (Lipinski definition) is 2. The summed E-state index contributed by atoms with van der Waals surface area (Å²) in [5.74, 6) is 0.618. The number of nitrogens with zero attached hydrogens (tertiary/aromatic N) is 3. The Bertz CT molecular complexity index is 1530. The number of carboxylic acid groups (broad SMARTS) is 1. The molecular formula is C30H36N4O5S2. The van der Waals surface area contributed by atoms with Crippen LogP contribution in [0.25, 0.3) is 11.3 Å². The Hall–Kier alpha value is -3.15. The second-order valence-electron chi connectivity index (χ2n) is 11.6. The fraction of sp³-hybridized carbons (Fsp3) is 0.467. The van der Waals surface area contributed by atoms with Crippen LogP contribution >= 0.6 is 11.3 Å². The van der Waals surface area contributed by atoms with Crippen molar-refractivity contribution in [2.75, 3.05) is 48.3 Å². The zero-order valence-electron chi connectivity index (χ0n) is 23.2. The van der Waals surface area contributed by atoms with Crippen LogP contribution in [0.3, 0.4) is 0 Å². The number of benzene rings is 2. The molecular weight excluding hydrogens is 560 g/mol. The van der Waals surface area contributed by atoms with Gasteiger partial charge in [0.1, 0.15) is 12.4 Å². The first kappa shape index (κ1) is 28.0. The molecule has 1 saturated carbocycles. The predicted octanol–water partition coefficient (Wildman–Crippen LogP) is 4.06. The van der Waals surface area contributed by atoms with Gasteiger partial charge in [0.2, 0.25) is 0 Å². The van der Waals surface area contributed by atoms with Crippen LogP contribution in [0.4, 0.5) is 10.8 Å². The van der Waals surface area contributed by atoms with Crippen LogP contribution in [0, 0.1) is 24.7 Å². The fourth-order valence-corrected chi connectivity index (χ4v) is 8.65. The van der Waals surface area contributed by atoms with E-state index in [9.17, 15) is 18.3 Å². The van der Waals surface area contributed by atoms with Crippen molar-refractivity contribution in [3.8, 4) is 17.0 Å². The Labute approximate surface area is 244 Å². The lowest BCUT2D eigenvalue weighted by molar-refractivity contribution is -0.144. The molecule has 2 atom stereocenters. The number of nitrogen functional groups attached to an aromatic ring is 1. The average Bonchev–Trinajstić information content (AvgIpc) is 3.53. The number of ether oxygens (including phenoxy) is 1. The Morgan fingerprint density at radius 2 is 1.85 bits per heavy atom. The van der Waals surface area contributed by atoms with E-state index < -0.39 is 15.8 Å². The molecule has 41 heavy (non-hydrogen) atoms. The molecule has 6 rings (SSSR count). The number of anilines is 2. The van der Waals surface area contributed by atoms with E-state index in [-0.39, 0.29) is 29.3 Å². The van der Waals surface area contributed by atoms with E-state index in [1.54, 1.807) is 11.3 Å². The van der Waals surface area contributed by atoms with Crippen LogP contribution in [0.15, 0.2) is 41.8 Å². The number of hydrogen-bond acceptors (Lipinski definition) is 9. The lowest BCUT2D eigenvalue weighted by Gasteiger charge is -2.35. The number of rotatable bonds is 8. The van der Waals surface area contributed by atoms with Gasteiger partial charge >= 0.3 is 5.97 Å². The molecule has 0 radical (unpaired) electrons. The van der Waals surface area contributed by atoms with Crippen molar-refractivity contribution in [1.82, 2.24) is 9.88 Å².